The molecule has 1 atom stereocenters. The molecular weight excluding hydrogens is 530 g/mol. The highest BCUT2D eigenvalue weighted by molar-refractivity contribution is 9.10. The van der Waals surface area contributed by atoms with E-state index in [0.717, 1.165) is 28.8 Å². The molecule has 0 bridgehead atoms. The first-order chi connectivity index (χ1) is 16.7. The van der Waals surface area contributed by atoms with Crippen LogP contribution in [0.5, 0.6) is 0 Å². The highest BCUT2D eigenvalue weighted by Gasteiger charge is 2.36. The second-order valence-electron chi connectivity index (χ2n) is 9.21. The minimum absolute atomic E-state index is 0.0215. The van der Waals surface area contributed by atoms with Gasteiger partial charge in [0.2, 0.25) is 21.8 Å². The average molecular weight is 563 g/mol. The number of anilines is 2. The zero-order valence-electron chi connectivity index (χ0n) is 20.4. The van der Waals surface area contributed by atoms with Crippen LogP contribution >= 0.6 is 15.9 Å². The van der Waals surface area contributed by atoms with E-state index in [2.05, 4.69) is 21.2 Å². The van der Waals surface area contributed by atoms with Gasteiger partial charge in [-0.2, -0.15) is 4.31 Å². The maximum atomic E-state index is 13.7. The van der Waals surface area contributed by atoms with Crippen molar-refractivity contribution in [1.82, 2.24) is 4.31 Å². The van der Waals surface area contributed by atoms with E-state index >= 15 is 0 Å². The summed E-state index contributed by atoms with van der Waals surface area (Å²) in [5.41, 5.74) is 4.50. The lowest BCUT2D eigenvalue weighted by molar-refractivity contribution is -0.121. The third-order valence-corrected chi connectivity index (χ3v) is 9.82. The molecule has 2 amide bonds. The van der Waals surface area contributed by atoms with Crippen LogP contribution in [0, 0.1) is 12.8 Å². The first-order valence-corrected chi connectivity index (χ1v) is 14.4. The lowest BCUT2D eigenvalue weighted by Gasteiger charge is -2.32. The molecule has 0 saturated carbocycles. The van der Waals surface area contributed by atoms with Crippen LogP contribution in [0.1, 0.15) is 49.8 Å². The van der Waals surface area contributed by atoms with Crippen molar-refractivity contribution in [1.29, 1.82) is 0 Å². The average Bonchev–Trinajstić information content (AvgIpc) is 3.26. The van der Waals surface area contributed by atoms with Crippen molar-refractivity contribution in [2.75, 3.05) is 29.9 Å². The number of sulfonamides is 1. The van der Waals surface area contributed by atoms with Crippen LogP contribution in [0.2, 0.25) is 0 Å². The molecule has 2 heterocycles. The number of piperidine rings is 1. The standard InChI is InChI=1S/C26H32BrN3O4S/c1-4-18-9-6-8-17(3)25(18)28-26(32)20-10-7-12-29(16-20)35(33,34)23-15-22-19(14-21(23)27)11-13-30(22)24(31)5-2/h6,8-9,14-15,20H,4-5,7,10-13,16H2,1-3H3,(H,28,32). The summed E-state index contributed by atoms with van der Waals surface area (Å²) < 4.78 is 29.3. The number of nitrogens with one attached hydrogen (secondary N) is 1. The van der Waals surface area contributed by atoms with Gasteiger partial charge in [0.15, 0.2) is 0 Å². The third-order valence-electron chi connectivity index (χ3n) is 6.99. The van der Waals surface area contributed by atoms with E-state index in [9.17, 15) is 18.0 Å². The SMILES string of the molecule is CCC(=O)N1CCc2cc(Br)c(S(=O)(=O)N3CCCC(C(=O)Nc4c(C)cccc4CC)C3)cc21. The number of rotatable bonds is 6. The molecular formula is C26H32BrN3O4S. The monoisotopic (exact) mass is 561 g/mol. The Hall–Kier alpha value is -2.23. The van der Waals surface area contributed by atoms with Crippen molar-refractivity contribution in [3.8, 4) is 0 Å². The maximum Gasteiger partial charge on any atom is 0.244 e. The van der Waals surface area contributed by atoms with Crippen LogP contribution in [-0.4, -0.2) is 44.2 Å². The summed E-state index contributed by atoms with van der Waals surface area (Å²) in [6.07, 6.45) is 3.10. The van der Waals surface area contributed by atoms with Crippen LogP contribution in [0.25, 0.3) is 0 Å². The Morgan fingerprint density at radius 1 is 1.17 bits per heavy atom. The summed E-state index contributed by atoms with van der Waals surface area (Å²) in [6, 6.07) is 9.36. The number of amides is 2. The number of carbonyl (C=O) groups is 2. The highest BCUT2D eigenvalue weighted by Crippen LogP contribution is 2.37. The van der Waals surface area contributed by atoms with Gasteiger partial charge in [0.1, 0.15) is 0 Å². The van der Waals surface area contributed by atoms with Crippen LogP contribution in [0.4, 0.5) is 11.4 Å². The summed E-state index contributed by atoms with van der Waals surface area (Å²) >= 11 is 3.45. The number of benzene rings is 2. The molecule has 2 aromatic rings. The van der Waals surface area contributed by atoms with Crippen molar-refractivity contribution >= 4 is 49.1 Å². The molecule has 2 aliphatic heterocycles. The van der Waals surface area contributed by atoms with Gasteiger partial charge in [-0.1, -0.05) is 32.0 Å². The molecule has 1 unspecified atom stereocenters. The molecule has 1 fully saturated rings. The first kappa shape index (κ1) is 25.9. The van der Waals surface area contributed by atoms with Gasteiger partial charge in [-0.05, 0) is 77.4 Å². The number of para-hydroxylation sites is 1. The summed E-state index contributed by atoms with van der Waals surface area (Å²) in [5.74, 6) is -0.609. The van der Waals surface area contributed by atoms with E-state index in [1.54, 1.807) is 17.9 Å². The molecule has 4 rings (SSSR count). The van der Waals surface area contributed by atoms with Gasteiger partial charge in [0.25, 0.3) is 0 Å². The van der Waals surface area contributed by atoms with Gasteiger partial charge in [0.05, 0.1) is 10.8 Å². The largest absolute Gasteiger partial charge is 0.325 e. The quantitative estimate of drug-likeness (QED) is 0.555. The number of fused-ring (bicyclic) bond motifs is 1. The van der Waals surface area contributed by atoms with Gasteiger partial charge in [-0.3, -0.25) is 9.59 Å². The second kappa shape index (κ2) is 10.4. The molecule has 0 aromatic heterocycles. The molecule has 7 nitrogen and oxygen atoms in total. The number of carbonyl (C=O) groups excluding carboxylic acids is 2. The lowest BCUT2D eigenvalue weighted by atomic mass is 9.98. The van der Waals surface area contributed by atoms with Crippen LogP contribution in [-0.2, 0) is 32.5 Å². The lowest BCUT2D eigenvalue weighted by Crippen LogP contribution is -2.44. The van der Waals surface area contributed by atoms with Crippen molar-refractivity contribution in [3.63, 3.8) is 0 Å². The number of halogens is 1. The molecule has 9 heteroatoms. The van der Waals surface area contributed by atoms with Gasteiger partial charge in [-0.25, -0.2) is 8.42 Å². The molecule has 1 N–H and O–H groups in total. The zero-order chi connectivity index (χ0) is 25.3. The molecule has 2 aliphatic rings. The third kappa shape index (κ3) is 5.04. The number of aryl methyl sites for hydroxylation is 2. The van der Waals surface area contributed by atoms with E-state index in [-0.39, 0.29) is 23.3 Å². The summed E-state index contributed by atoms with van der Waals surface area (Å²) in [6.45, 7) is 6.85. The highest BCUT2D eigenvalue weighted by atomic mass is 79.9. The molecule has 0 aliphatic carbocycles. The summed E-state index contributed by atoms with van der Waals surface area (Å²) in [4.78, 5) is 27.4. The van der Waals surface area contributed by atoms with E-state index in [0.29, 0.717) is 48.9 Å². The van der Waals surface area contributed by atoms with Gasteiger partial charge < -0.3 is 10.2 Å². The fourth-order valence-corrected chi connectivity index (χ4v) is 7.57. The molecule has 0 radical (unpaired) electrons. The second-order valence-corrected chi connectivity index (χ2v) is 12.0. The minimum atomic E-state index is -3.86. The van der Waals surface area contributed by atoms with Crippen molar-refractivity contribution < 1.29 is 18.0 Å². The zero-order valence-corrected chi connectivity index (χ0v) is 22.8. The van der Waals surface area contributed by atoms with Crippen LogP contribution < -0.4 is 10.2 Å². The number of hydrogen-bond donors (Lipinski definition) is 1. The van der Waals surface area contributed by atoms with E-state index in [4.69, 9.17) is 0 Å². The normalized spacial score (nSPS) is 18.4. The number of hydrogen-bond acceptors (Lipinski definition) is 4. The Bertz CT molecular complexity index is 1260. The Kier molecular flexibility index (Phi) is 7.68. The molecule has 0 spiro atoms. The predicted octanol–water partition coefficient (Wildman–Crippen LogP) is 4.66. The Morgan fingerprint density at radius 2 is 1.94 bits per heavy atom. The van der Waals surface area contributed by atoms with Gasteiger partial charge >= 0.3 is 0 Å². The van der Waals surface area contributed by atoms with E-state index in [1.807, 2.05) is 38.1 Å². The fourth-order valence-electron chi connectivity index (χ4n) is 4.98. The summed E-state index contributed by atoms with van der Waals surface area (Å²) in [5, 5.41) is 3.07. The van der Waals surface area contributed by atoms with Crippen LogP contribution in [0.15, 0.2) is 39.7 Å². The Labute approximate surface area is 216 Å². The van der Waals surface area contributed by atoms with Crippen LogP contribution in [0.3, 0.4) is 0 Å². The molecule has 188 valence electrons. The van der Waals surface area contributed by atoms with E-state index in [1.165, 1.54) is 4.31 Å². The Balaban J connectivity index is 1.57. The smallest absolute Gasteiger partial charge is 0.244 e. The van der Waals surface area contributed by atoms with Gasteiger partial charge in [0, 0.05) is 41.9 Å². The topological polar surface area (TPSA) is 86.8 Å². The number of nitrogens with zero attached hydrogens (tertiary/aromatic N) is 2. The minimum Gasteiger partial charge on any atom is -0.325 e. The molecule has 1 saturated heterocycles. The first-order valence-electron chi connectivity index (χ1n) is 12.2. The fraction of sp³-hybridized carbons (Fsp3) is 0.462. The Morgan fingerprint density at radius 3 is 2.66 bits per heavy atom. The molecule has 2 aromatic carbocycles. The van der Waals surface area contributed by atoms with Gasteiger partial charge in [-0.15, -0.1) is 0 Å². The molecule has 35 heavy (non-hydrogen) atoms. The van der Waals surface area contributed by atoms with Crippen molar-refractivity contribution in [2.24, 2.45) is 5.92 Å². The van der Waals surface area contributed by atoms with Crippen molar-refractivity contribution in [2.45, 2.75) is 57.8 Å². The predicted molar refractivity (Wildman–Crippen MR) is 141 cm³/mol. The summed E-state index contributed by atoms with van der Waals surface area (Å²) in [7, 11) is -3.86. The van der Waals surface area contributed by atoms with E-state index < -0.39 is 15.9 Å². The van der Waals surface area contributed by atoms with Crippen molar-refractivity contribution in [3.05, 3.63) is 51.5 Å². The maximum absolute atomic E-state index is 13.7.